The van der Waals surface area contributed by atoms with E-state index in [0.29, 0.717) is 17.7 Å². The number of aromatic hydroxyl groups is 1. The molecule has 0 aliphatic carbocycles. The van der Waals surface area contributed by atoms with Gasteiger partial charge in [0.1, 0.15) is 5.82 Å². The van der Waals surface area contributed by atoms with Crippen molar-refractivity contribution in [3.63, 3.8) is 0 Å². The number of nitrogens with zero attached hydrogens (tertiary/aromatic N) is 2. The second kappa shape index (κ2) is 9.11. The summed E-state index contributed by atoms with van der Waals surface area (Å²) in [4.78, 5) is 17.9. The standard InChI is InChI=1S/C25H18F6N2O4/c1-37-20-13-18-17(12-19(20)34)22(35)33(21(32-18)10-14-6-3-2-4-7-14)16-9-5-8-15(11-16)23(36,24(26,27)28)25(29,30)31/h2-9,11-13,34,36H,10H2,1H3. The summed E-state index contributed by atoms with van der Waals surface area (Å²) in [5, 5.41) is 19.8. The van der Waals surface area contributed by atoms with Crippen LogP contribution in [0, 0.1) is 0 Å². The lowest BCUT2D eigenvalue weighted by Crippen LogP contribution is -2.54. The Kier molecular flexibility index (Phi) is 6.40. The normalized spacial score (nSPS) is 12.6. The quantitative estimate of drug-likeness (QED) is 0.359. The number of phenols is 1. The summed E-state index contributed by atoms with van der Waals surface area (Å²) in [5.41, 5.74) is -7.25. The number of halogens is 6. The van der Waals surface area contributed by atoms with Crippen molar-refractivity contribution in [2.24, 2.45) is 0 Å². The molecule has 12 heteroatoms. The largest absolute Gasteiger partial charge is 0.504 e. The topological polar surface area (TPSA) is 84.6 Å². The highest BCUT2D eigenvalue weighted by Crippen LogP contribution is 2.50. The zero-order valence-electron chi connectivity index (χ0n) is 18.9. The second-order valence-electron chi connectivity index (χ2n) is 8.13. The Balaban J connectivity index is 2.02. The third-order valence-electron chi connectivity index (χ3n) is 5.79. The Labute approximate surface area is 205 Å². The SMILES string of the molecule is COc1cc2nc(Cc3ccccc3)n(-c3cccc(C(O)(C(F)(F)F)C(F)(F)F)c3)c(=O)c2cc1O. The van der Waals surface area contributed by atoms with Gasteiger partial charge in [-0.05, 0) is 23.8 Å². The molecule has 194 valence electrons. The van der Waals surface area contributed by atoms with Gasteiger partial charge in [-0.1, -0.05) is 42.5 Å². The number of aliphatic hydroxyl groups is 1. The van der Waals surface area contributed by atoms with E-state index < -0.39 is 40.5 Å². The number of fused-ring (bicyclic) bond motifs is 1. The number of benzene rings is 3. The van der Waals surface area contributed by atoms with Crippen LogP contribution in [0.5, 0.6) is 11.5 Å². The molecule has 0 unspecified atom stereocenters. The maximum atomic E-state index is 13.5. The summed E-state index contributed by atoms with van der Waals surface area (Å²) >= 11 is 0. The van der Waals surface area contributed by atoms with Crippen LogP contribution < -0.4 is 10.3 Å². The highest BCUT2D eigenvalue weighted by Gasteiger charge is 2.71. The molecule has 37 heavy (non-hydrogen) atoms. The van der Waals surface area contributed by atoms with Gasteiger partial charge in [-0.15, -0.1) is 0 Å². The first-order valence-electron chi connectivity index (χ1n) is 10.6. The number of hydrogen-bond donors (Lipinski definition) is 2. The van der Waals surface area contributed by atoms with Crippen molar-refractivity contribution in [3.05, 3.63) is 94.0 Å². The summed E-state index contributed by atoms with van der Waals surface area (Å²) in [6.07, 6.45) is -12.2. The maximum absolute atomic E-state index is 13.5. The van der Waals surface area contributed by atoms with Crippen LogP contribution in [0.3, 0.4) is 0 Å². The maximum Gasteiger partial charge on any atom is 0.430 e. The molecule has 0 aliphatic heterocycles. The van der Waals surface area contributed by atoms with E-state index in [9.17, 15) is 41.4 Å². The van der Waals surface area contributed by atoms with Gasteiger partial charge < -0.3 is 14.9 Å². The molecule has 0 radical (unpaired) electrons. The zero-order valence-corrected chi connectivity index (χ0v) is 18.9. The molecule has 0 saturated carbocycles. The van der Waals surface area contributed by atoms with Gasteiger partial charge in [-0.25, -0.2) is 4.98 Å². The first kappa shape index (κ1) is 26.0. The molecule has 1 aromatic heterocycles. The molecule has 6 nitrogen and oxygen atoms in total. The van der Waals surface area contributed by atoms with Gasteiger partial charge in [-0.2, -0.15) is 26.3 Å². The molecule has 4 rings (SSSR count). The lowest BCUT2D eigenvalue weighted by Gasteiger charge is -2.33. The second-order valence-corrected chi connectivity index (χ2v) is 8.13. The molecule has 0 amide bonds. The van der Waals surface area contributed by atoms with Gasteiger partial charge >= 0.3 is 12.4 Å². The minimum atomic E-state index is -6.11. The van der Waals surface area contributed by atoms with E-state index in [-0.39, 0.29) is 28.9 Å². The number of aromatic nitrogens is 2. The number of methoxy groups -OCH3 is 1. The van der Waals surface area contributed by atoms with Crippen LogP contribution in [-0.4, -0.2) is 39.2 Å². The number of rotatable bonds is 5. The third-order valence-corrected chi connectivity index (χ3v) is 5.79. The van der Waals surface area contributed by atoms with Crippen molar-refractivity contribution >= 4 is 10.9 Å². The van der Waals surface area contributed by atoms with Crippen LogP contribution >= 0.6 is 0 Å². The number of phenolic OH excluding ortho intramolecular Hbond substituents is 1. The fourth-order valence-electron chi connectivity index (χ4n) is 3.93. The van der Waals surface area contributed by atoms with Crippen molar-refractivity contribution in [1.82, 2.24) is 9.55 Å². The highest BCUT2D eigenvalue weighted by molar-refractivity contribution is 5.82. The van der Waals surface area contributed by atoms with E-state index in [2.05, 4.69) is 4.98 Å². The molecule has 1 heterocycles. The predicted molar refractivity (Wildman–Crippen MR) is 121 cm³/mol. The smallest absolute Gasteiger partial charge is 0.430 e. The van der Waals surface area contributed by atoms with Gasteiger partial charge in [-0.3, -0.25) is 9.36 Å². The first-order chi connectivity index (χ1) is 17.3. The summed E-state index contributed by atoms with van der Waals surface area (Å²) in [7, 11) is 1.28. The Bertz CT molecular complexity index is 1500. The van der Waals surface area contributed by atoms with E-state index in [0.717, 1.165) is 22.8 Å². The summed E-state index contributed by atoms with van der Waals surface area (Å²) in [5.74, 6) is -0.435. The van der Waals surface area contributed by atoms with Crippen molar-refractivity contribution in [2.45, 2.75) is 24.4 Å². The van der Waals surface area contributed by atoms with Gasteiger partial charge in [0, 0.05) is 18.1 Å². The van der Waals surface area contributed by atoms with E-state index in [1.54, 1.807) is 30.3 Å². The molecule has 0 fully saturated rings. The van der Waals surface area contributed by atoms with Crippen LogP contribution in [0.25, 0.3) is 16.6 Å². The zero-order chi connectivity index (χ0) is 27.2. The van der Waals surface area contributed by atoms with Crippen molar-refractivity contribution in [3.8, 4) is 17.2 Å². The molecule has 0 spiro atoms. The average Bonchev–Trinajstić information content (AvgIpc) is 2.83. The molecule has 4 aromatic rings. The lowest BCUT2D eigenvalue weighted by molar-refractivity contribution is -0.376. The average molecular weight is 524 g/mol. The molecule has 0 aliphatic rings. The fraction of sp³-hybridized carbons (Fsp3) is 0.200. The van der Waals surface area contributed by atoms with Crippen LogP contribution in [0.15, 0.2) is 71.5 Å². The van der Waals surface area contributed by atoms with Gasteiger partial charge in [0.25, 0.3) is 11.2 Å². The van der Waals surface area contributed by atoms with Crippen LogP contribution in [0.2, 0.25) is 0 Å². The van der Waals surface area contributed by atoms with Crippen LogP contribution in [-0.2, 0) is 12.0 Å². The fourth-order valence-corrected chi connectivity index (χ4v) is 3.93. The molecular formula is C25H18F6N2O4. The minimum Gasteiger partial charge on any atom is -0.504 e. The Morgan fingerprint density at radius 3 is 2.16 bits per heavy atom. The van der Waals surface area contributed by atoms with Crippen molar-refractivity contribution in [2.75, 3.05) is 7.11 Å². The third kappa shape index (κ3) is 4.48. The van der Waals surface area contributed by atoms with Crippen molar-refractivity contribution in [1.29, 1.82) is 0 Å². The van der Waals surface area contributed by atoms with Crippen molar-refractivity contribution < 1.29 is 41.3 Å². The Morgan fingerprint density at radius 2 is 1.57 bits per heavy atom. The van der Waals surface area contributed by atoms with E-state index >= 15 is 0 Å². The molecular weight excluding hydrogens is 506 g/mol. The highest BCUT2D eigenvalue weighted by atomic mass is 19.4. The molecule has 0 saturated heterocycles. The van der Waals surface area contributed by atoms with Gasteiger partial charge in [0.15, 0.2) is 11.5 Å². The van der Waals surface area contributed by atoms with Crippen LogP contribution in [0.1, 0.15) is 17.0 Å². The molecule has 3 aromatic carbocycles. The van der Waals surface area contributed by atoms with Crippen LogP contribution in [0.4, 0.5) is 26.3 Å². The van der Waals surface area contributed by atoms with E-state index in [1.807, 2.05) is 0 Å². The number of ether oxygens (including phenoxy) is 1. The summed E-state index contributed by atoms with van der Waals surface area (Å²) in [6.45, 7) is 0. The number of hydrogen-bond acceptors (Lipinski definition) is 5. The summed E-state index contributed by atoms with van der Waals surface area (Å²) < 4.78 is 86.9. The Morgan fingerprint density at radius 1 is 0.919 bits per heavy atom. The van der Waals surface area contributed by atoms with Gasteiger partial charge in [0.05, 0.1) is 23.7 Å². The monoisotopic (exact) mass is 524 g/mol. The minimum absolute atomic E-state index is 0.00484. The number of alkyl halides is 6. The van der Waals surface area contributed by atoms with E-state index in [4.69, 9.17) is 4.74 Å². The van der Waals surface area contributed by atoms with E-state index in [1.165, 1.54) is 13.2 Å². The Hall–Kier alpha value is -4.06. The molecule has 2 N–H and O–H groups in total. The molecule has 0 atom stereocenters. The first-order valence-corrected chi connectivity index (χ1v) is 10.6. The molecule has 0 bridgehead atoms. The predicted octanol–water partition coefficient (Wildman–Crippen LogP) is 5.00. The lowest BCUT2D eigenvalue weighted by atomic mass is 9.92. The summed E-state index contributed by atoms with van der Waals surface area (Å²) in [6, 6.07) is 13.7. The van der Waals surface area contributed by atoms with Gasteiger partial charge in [0.2, 0.25) is 0 Å².